The van der Waals surface area contributed by atoms with Gasteiger partial charge >= 0.3 is 25.4 Å². The Labute approximate surface area is 177 Å². The van der Waals surface area contributed by atoms with Gasteiger partial charge in [0.05, 0.1) is 31.5 Å². The Morgan fingerprint density at radius 1 is 1.06 bits per heavy atom. The molecular weight excluding hydrogens is 422 g/mol. The van der Waals surface area contributed by atoms with Crippen LogP contribution in [-0.4, -0.2) is 50.8 Å². The zero-order valence-corrected chi connectivity index (χ0v) is 17.9. The molecular formula is C19H23BF3NO7. The van der Waals surface area contributed by atoms with Crippen LogP contribution in [0.2, 0.25) is 0 Å². The third-order valence-corrected chi connectivity index (χ3v) is 4.90. The molecule has 1 heterocycles. The number of carbonyl (C=O) groups is 2. The van der Waals surface area contributed by atoms with Crippen molar-refractivity contribution in [1.29, 1.82) is 0 Å². The van der Waals surface area contributed by atoms with E-state index in [-0.39, 0.29) is 16.8 Å². The molecule has 0 bridgehead atoms. The Morgan fingerprint density at radius 3 is 2.13 bits per heavy atom. The van der Waals surface area contributed by atoms with Gasteiger partial charge in [-0.25, -0.2) is 9.59 Å². The number of rotatable bonds is 6. The third-order valence-electron chi connectivity index (χ3n) is 4.90. The van der Waals surface area contributed by atoms with Gasteiger partial charge in [-0.1, -0.05) is 6.07 Å². The topological polar surface area (TPSA) is 92.3 Å². The van der Waals surface area contributed by atoms with Crippen molar-refractivity contribution in [3.63, 3.8) is 0 Å². The Kier molecular flexibility index (Phi) is 6.96. The molecule has 1 saturated heterocycles. The van der Waals surface area contributed by atoms with Crippen molar-refractivity contribution >= 4 is 30.2 Å². The average molecular weight is 445 g/mol. The van der Waals surface area contributed by atoms with Crippen LogP contribution in [0.1, 0.15) is 27.7 Å². The normalized spacial score (nSPS) is 17.8. The number of esters is 2. The molecule has 31 heavy (non-hydrogen) atoms. The minimum atomic E-state index is -4.93. The van der Waals surface area contributed by atoms with E-state index in [4.69, 9.17) is 9.31 Å². The first-order valence-corrected chi connectivity index (χ1v) is 9.09. The summed E-state index contributed by atoms with van der Waals surface area (Å²) in [5.74, 6) is -2.39. The molecule has 0 spiro atoms. The lowest BCUT2D eigenvalue weighted by molar-refractivity contribution is -0.274. The molecule has 8 nitrogen and oxygen atoms in total. The maximum atomic E-state index is 12.7. The minimum absolute atomic E-state index is 0.0270. The number of nitrogens with one attached hydrogen (secondary N) is 1. The van der Waals surface area contributed by atoms with Crippen LogP contribution in [0.4, 0.5) is 18.9 Å². The van der Waals surface area contributed by atoms with Crippen LogP contribution in [0.3, 0.4) is 0 Å². The largest absolute Gasteiger partial charge is 0.573 e. The number of hydrogen-bond acceptors (Lipinski definition) is 8. The molecule has 1 fully saturated rings. The second-order valence-electron chi connectivity index (χ2n) is 7.58. The number of anilines is 1. The van der Waals surface area contributed by atoms with Gasteiger partial charge in [-0.05, 0) is 33.8 Å². The predicted octanol–water partition coefficient (Wildman–Crippen LogP) is 2.53. The van der Waals surface area contributed by atoms with E-state index in [2.05, 4.69) is 19.5 Å². The molecule has 170 valence electrons. The Balaban J connectivity index is 2.53. The molecule has 0 atom stereocenters. The van der Waals surface area contributed by atoms with Crippen molar-refractivity contribution in [2.45, 2.75) is 45.3 Å². The van der Waals surface area contributed by atoms with Crippen LogP contribution in [0.25, 0.3) is 0 Å². The molecule has 0 aromatic heterocycles. The predicted molar refractivity (Wildman–Crippen MR) is 105 cm³/mol. The fourth-order valence-corrected chi connectivity index (χ4v) is 2.59. The second-order valence-corrected chi connectivity index (χ2v) is 7.58. The molecule has 0 saturated carbocycles. The Morgan fingerprint density at radius 2 is 1.65 bits per heavy atom. The summed E-state index contributed by atoms with van der Waals surface area (Å²) in [5.41, 5.74) is -1.60. The zero-order valence-electron chi connectivity index (χ0n) is 17.9. The molecule has 1 N–H and O–H groups in total. The van der Waals surface area contributed by atoms with E-state index in [1.54, 1.807) is 27.7 Å². The van der Waals surface area contributed by atoms with Crippen molar-refractivity contribution in [3.8, 4) is 5.75 Å². The van der Waals surface area contributed by atoms with E-state index in [0.29, 0.717) is 0 Å². The molecule has 0 amide bonds. The highest BCUT2D eigenvalue weighted by atomic mass is 19.4. The van der Waals surface area contributed by atoms with Gasteiger partial charge < -0.3 is 28.8 Å². The molecule has 1 aliphatic rings. The van der Waals surface area contributed by atoms with Gasteiger partial charge in [0.1, 0.15) is 11.4 Å². The summed E-state index contributed by atoms with van der Waals surface area (Å²) < 4.78 is 63.1. The first-order valence-electron chi connectivity index (χ1n) is 9.09. The maximum absolute atomic E-state index is 12.7. The second kappa shape index (κ2) is 8.79. The lowest BCUT2D eigenvalue weighted by Gasteiger charge is -2.32. The Bertz CT molecular complexity index is 868. The molecule has 0 unspecified atom stereocenters. The standard InChI is InChI=1S/C19H23BF3NO7/c1-17(2)18(3,4)31-20(30-17)12-8-7-11(29-19(21,22)23)9-13(12)24-14(16(26)28-6)10-15(25)27-5/h7-10,24H,1-6H3/b14-10+. The fraction of sp³-hybridized carbons (Fsp3) is 0.474. The quantitative estimate of drug-likeness (QED) is 0.406. The lowest BCUT2D eigenvalue weighted by Crippen LogP contribution is -2.41. The molecule has 0 aliphatic carbocycles. The summed E-state index contributed by atoms with van der Waals surface area (Å²) >= 11 is 0. The molecule has 0 radical (unpaired) electrons. The van der Waals surface area contributed by atoms with Gasteiger partial charge in [-0.2, -0.15) is 0 Å². The molecule has 1 aromatic carbocycles. The van der Waals surface area contributed by atoms with Crippen molar-refractivity contribution < 1.29 is 46.3 Å². The van der Waals surface area contributed by atoms with E-state index >= 15 is 0 Å². The van der Waals surface area contributed by atoms with E-state index in [1.165, 1.54) is 6.07 Å². The van der Waals surface area contributed by atoms with E-state index in [9.17, 15) is 22.8 Å². The molecule has 1 aliphatic heterocycles. The maximum Gasteiger partial charge on any atom is 0.573 e. The van der Waals surface area contributed by atoms with Crippen LogP contribution in [0, 0.1) is 0 Å². The molecule has 2 rings (SSSR count). The third kappa shape index (κ3) is 5.91. The number of ether oxygens (including phenoxy) is 3. The number of alkyl halides is 3. The van der Waals surface area contributed by atoms with Gasteiger partial charge in [-0.3, -0.25) is 0 Å². The number of halogens is 3. The van der Waals surface area contributed by atoms with Crippen molar-refractivity contribution in [3.05, 3.63) is 30.0 Å². The Hall–Kier alpha value is -2.73. The highest BCUT2D eigenvalue weighted by Crippen LogP contribution is 2.37. The van der Waals surface area contributed by atoms with Crippen LogP contribution in [-0.2, 0) is 28.4 Å². The van der Waals surface area contributed by atoms with Crippen LogP contribution >= 0.6 is 0 Å². The fourth-order valence-electron chi connectivity index (χ4n) is 2.59. The van der Waals surface area contributed by atoms with Crippen LogP contribution < -0.4 is 15.5 Å². The SMILES string of the molecule is COC(=O)/C=C(/Nc1cc(OC(F)(F)F)ccc1B1OC(C)(C)C(C)(C)O1)C(=O)OC. The first-order chi connectivity index (χ1) is 14.2. The average Bonchev–Trinajstić information content (AvgIpc) is 2.86. The number of methoxy groups -OCH3 is 2. The highest BCUT2D eigenvalue weighted by Gasteiger charge is 2.52. The van der Waals surface area contributed by atoms with E-state index in [1.807, 2.05) is 0 Å². The van der Waals surface area contributed by atoms with E-state index in [0.717, 1.165) is 32.4 Å². The summed E-state index contributed by atoms with van der Waals surface area (Å²) in [7, 11) is 1.19. The van der Waals surface area contributed by atoms with Crippen molar-refractivity contribution in [1.82, 2.24) is 0 Å². The van der Waals surface area contributed by atoms with Gasteiger partial charge in [-0.15, -0.1) is 13.2 Å². The monoisotopic (exact) mass is 445 g/mol. The number of benzene rings is 1. The highest BCUT2D eigenvalue weighted by molar-refractivity contribution is 6.64. The van der Waals surface area contributed by atoms with Crippen LogP contribution in [0.5, 0.6) is 5.75 Å². The van der Waals surface area contributed by atoms with Crippen LogP contribution in [0.15, 0.2) is 30.0 Å². The minimum Gasteiger partial charge on any atom is -0.466 e. The first kappa shape index (κ1) is 24.5. The summed E-state index contributed by atoms with van der Waals surface area (Å²) in [6.45, 7) is 7.22. The summed E-state index contributed by atoms with van der Waals surface area (Å²) in [6.07, 6.45) is -4.13. The number of carbonyl (C=O) groups excluding carboxylic acids is 2. The van der Waals surface area contributed by atoms with Gasteiger partial charge in [0.25, 0.3) is 0 Å². The lowest BCUT2D eigenvalue weighted by atomic mass is 9.77. The number of hydrogen-bond donors (Lipinski definition) is 1. The van der Waals surface area contributed by atoms with Gasteiger partial charge in [0, 0.05) is 17.2 Å². The molecule has 1 aromatic rings. The summed E-state index contributed by atoms with van der Waals surface area (Å²) in [5, 5.41) is 2.60. The molecule has 12 heteroatoms. The summed E-state index contributed by atoms with van der Waals surface area (Å²) in [4.78, 5) is 23.7. The summed E-state index contributed by atoms with van der Waals surface area (Å²) in [6, 6.07) is 3.39. The zero-order chi connectivity index (χ0) is 23.6. The van der Waals surface area contributed by atoms with Crippen molar-refractivity contribution in [2.24, 2.45) is 0 Å². The van der Waals surface area contributed by atoms with Gasteiger partial charge in [0.15, 0.2) is 0 Å². The van der Waals surface area contributed by atoms with Gasteiger partial charge in [0.2, 0.25) is 0 Å². The van der Waals surface area contributed by atoms with E-state index < -0.39 is 42.4 Å². The smallest absolute Gasteiger partial charge is 0.466 e. The van der Waals surface area contributed by atoms with Crippen molar-refractivity contribution in [2.75, 3.05) is 19.5 Å².